The third-order valence-electron chi connectivity index (χ3n) is 9.32. The van der Waals surface area contributed by atoms with Crippen LogP contribution in [0.5, 0.6) is 0 Å². The summed E-state index contributed by atoms with van der Waals surface area (Å²) in [5, 5.41) is 0.848. The molecule has 0 heterocycles. The van der Waals surface area contributed by atoms with Crippen molar-refractivity contribution in [2.45, 2.75) is 29.7 Å². The van der Waals surface area contributed by atoms with E-state index in [1.807, 2.05) is 30.3 Å². The molecule has 0 unspecified atom stereocenters. The van der Waals surface area contributed by atoms with Crippen molar-refractivity contribution in [2.24, 2.45) is 0 Å². The minimum atomic E-state index is -0.552. The topological polar surface area (TPSA) is 102 Å². The van der Waals surface area contributed by atoms with E-state index in [4.69, 9.17) is 58.0 Å². The molecular weight excluding hydrogens is 1010 g/mol. The highest BCUT2D eigenvalue weighted by atomic mass is 35.5. The number of rotatable bonds is 10. The van der Waals surface area contributed by atoms with E-state index >= 15 is 0 Å². The van der Waals surface area contributed by atoms with Crippen molar-refractivity contribution in [3.05, 3.63) is 283 Å². The van der Waals surface area contributed by atoms with Crippen molar-refractivity contribution in [3.63, 3.8) is 0 Å². The molecule has 0 amide bonds. The highest BCUT2D eigenvalue weighted by Crippen LogP contribution is 2.19. The van der Waals surface area contributed by atoms with Crippen molar-refractivity contribution in [1.29, 1.82) is 0 Å². The summed E-state index contributed by atoms with van der Waals surface area (Å²) in [6.45, 7) is 0. The van der Waals surface area contributed by atoms with Crippen LogP contribution in [0.15, 0.2) is 200 Å². The molecule has 0 atom stereocenters. The Labute approximate surface area is 438 Å². The highest BCUT2D eigenvalue weighted by Gasteiger charge is 2.14. The molecule has 0 radical (unpaired) electrons. The molecular formula is C58H49Cl5F2O6. The minimum absolute atomic E-state index is 0. The molecule has 0 N–H and O–H groups in total. The van der Waals surface area contributed by atoms with Gasteiger partial charge in [0.1, 0.15) is 11.6 Å². The predicted octanol–water partition coefficient (Wildman–Crippen LogP) is 17.2. The first-order valence-electron chi connectivity index (χ1n) is 19.7. The molecule has 8 rings (SSSR count). The molecule has 0 saturated carbocycles. The number of benzene rings is 8. The molecule has 6 nitrogen and oxygen atoms in total. The van der Waals surface area contributed by atoms with Gasteiger partial charge in [-0.1, -0.05) is 131 Å². The normalized spacial score (nSPS) is 9.51. The van der Waals surface area contributed by atoms with Crippen LogP contribution in [0.2, 0.25) is 15.1 Å². The van der Waals surface area contributed by atoms with Crippen molar-refractivity contribution in [2.75, 3.05) is 0 Å². The van der Waals surface area contributed by atoms with Crippen LogP contribution in [0.3, 0.4) is 0 Å². The van der Waals surface area contributed by atoms with E-state index in [-0.39, 0.29) is 52.8 Å². The summed E-state index contributed by atoms with van der Waals surface area (Å²) in [5.41, 5.74) is 4.37. The van der Waals surface area contributed by atoms with Gasteiger partial charge in [-0.25, -0.2) is 8.78 Å². The Hall–Kier alpha value is -6.91. The van der Waals surface area contributed by atoms with Gasteiger partial charge in [0.05, 0.1) is 0 Å². The lowest BCUT2D eigenvalue weighted by atomic mass is 9.98. The molecule has 71 heavy (non-hydrogen) atoms. The van der Waals surface area contributed by atoms with Crippen molar-refractivity contribution in [1.82, 2.24) is 0 Å². The van der Waals surface area contributed by atoms with E-state index < -0.39 is 22.1 Å². The number of carbonyl (C=O) groups is 6. The van der Waals surface area contributed by atoms with Crippen LogP contribution in [0.25, 0.3) is 0 Å². The van der Waals surface area contributed by atoms with E-state index in [1.54, 1.807) is 97.1 Å². The second kappa shape index (κ2) is 30.6. The summed E-state index contributed by atoms with van der Waals surface area (Å²) in [5.74, 6) is -1.56. The van der Waals surface area contributed by atoms with Gasteiger partial charge in [-0.05, 0) is 157 Å². The second-order valence-electron chi connectivity index (χ2n) is 13.9. The molecule has 0 bridgehead atoms. The molecule has 0 aliphatic carbocycles. The first-order valence-corrected chi connectivity index (χ1v) is 21.6. The summed E-state index contributed by atoms with van der Waals surface area (Å²) in [4.78, 5) is 70.5. The third kappa shape index (κ3) is 19.1. The Morgan fingerprint density at radius 3 is 0.606 bits per heavy atom. The van der Waals surface area contributed by atoms with Crippen molar-refractivity contribution >= 4 is 91.6 Å². The van der Waals surface area contributed by atoms with Crippen LogP contribution in [-0.2, 0) is 0 Å². The van der Waals surface area contributed by atoms with Gasteiger partial charge < -0.3 is 0 Å². The van der Waals surface area contributed by atoms with Gasteiger partial charge in [0.15, 0.2) is 23.1 Å². The average Bonchev–Trinajstić information content (AvgIpc) is 3.35. The smallest absolute Gasteiger partial charge is 0.252 e. The predicted molar refractivity (Wildman–Crippen MR) is 288 cm³/mol. The molecule has 0 aromatic heterocycles. The molecule has 0 saturated heterocycles. The molecule has 0 aliphatic rings. The van der Waals surface area contributed by atoms with Gasteiger partial charge in [0.25, 0.3) is 10.5 Å². The van der Waals surface area contributed by atoms with Crippen LogP contribution >= 0.6 is 58.0 Å². The van der Waals surface area contributed by atoms with Crippen molar-refractivity contribution in [3.8, 4) is 0 Å². The monoisotopic (exact) mass is 1050 g/mol. The number of carbonyl (C=O) groups excluding carboxylic acids is 6. The summed E-state index contributed by atoms with van der Waals surface area (Å²) in [7, 11) is 0. The van der Waals surface area contributed by atoms with Gasteiger partial charge in [-0.3, -0.25) is 28.8 Å². The van der Waals surface area contributed by atoms with E-state index in [1.165, 1.54) is 72.8 Å². The maximum absolute atomic E-state index is 12.9. The maximum atomic E-state index is 12.9. The SMILES string of the molecule is C.C.C.C.Clc1ccccc1.O=C(Cl)c1ccc(C(=O)Cl)cc1.O=C(c1ccc(Cl)cc1)c1ccc(C(=O)c2ccc(Cl)cc2)cc1.O=C(c1ccc(F)cc1)c1ccc(C(=O)c2ccc(F)cc2)cc1. The summed E-state index contributed by atoms with van der Waals surface area (Å²) >= 11 is 27.6. The highest BCUT2D eigenvalue weighted by molar-refractivity contribution is 6.68. The fourth-order valence-corrected chi connectivity index (χ4v) is 6.41. The molecule has 0 spiro atoms. The Bertz CT molecular complexity index is 2630. The summed E-state index contributed by atoms with van der Waals surface area (Å²) in [6.07, 6.45) is 0. The molecule has 13 heteroatoms. The van der Waals surface area contributed by atoms with Crippen molar-refractivity contribution < 1.29 is 37.5 Å². The standard InChI is InChI=1S/C20H12Cl2O2.C20H12F2O2.C8H4Cl2O2.C6H5Cl.4CH4/c2*21-17-9-5-15(6-10-17)19(23)13-1-2-14(4-3-13)20(24)16-7-11-18(22)12-8-16;9-7(11)5-1-2-6(4-3-5)8(10)12;7-6-4-2-1-3-5-6;;;;/h2*1-12H;1-4H;1-5H;4*1H4. The lowest BCUT2D eigenvalue weighted by molar-refractivity contribution is 0.102. The average molecular weight is 1060 g/mol. The van der Waals surface area contributed by atoms with Crippen LogP contribution in [-0.4, -0.2) is 33.6 Å². The Kier molecular flexibility index (Phi) is 26.8. The lowest BCUT2D eigenvalue weighted by Crippen LogP contribution is -2.04. The maximum Gasteiger partial charge on any atom is 0.252 e. The summed E-state index contributed by atoms with van der Waals surface area (Å²) in [6, 6.07) is 52.0. The van der Waals surface area contributed by atoms with Gasteiger partial charge >= 0.3 is 0 Å². The molecule has 0 fully saturated rings. The van der Waals surface area contributed by atoms with E-state index in [2.05, 4.69) is 0 Å². The number of hydrogen-bond acceptors (Lipinski definition) is 6. The van der Waals surface area contributed by atoms with Crippen LogP contribution in [0.1, 0.15) is 114 Å². The van der Waals surface area contributed by atoms with Crippen LogP contribution in [0.4, 0.5) is 8.78 Å². The fourth-order valence-electron chi connectivity index (χ4n) is 5.76. The zero-order valence-corrected chi connectivity index (χ0v) is 38.4. The van der Waals surface area contributed by atoms with E-state index in [9.17, 15) is 37.5 Å². The minimum Gasteiger partial charge on any atom is -0.289 e. The molecule has 8 aromatic rings. The Morgan fingerprint density at radius 2 is 0.423 bits per heavy atom. The first-order chi connectivity index (χ1) is 32.1. The van der Waals surface area contributed by atoms with E-state index in [0.717, 1.165) is 5.02 Å². The Balaban J connectivity index is 0.000000504. The molecule has 0 aliphatic heterocycles. The second-order valence-corrected chi connectivity index (χ2v) is 15.9. The number of hydrogen-bond donors (Lipinski definition) is 0. The van der Waals surface area contributed by atoms with Gasteiger partial charge in [0.2, 0.25) is 0 Å². The zero-order valence-electron chi connectivity index (χ0n) is 34.6. The first kappa shape index (κ1) is 62.1. The van der Waals surface area contributed by atoms with Gasteiger partial charge in [0, 0.05) is 70.7 Å². The van der Waals surface area contributed by atoms with Crippen LogP contribution in [0, 0.1) is 11.6 Å². The number of halogens is 7. The Morgan fingerprint density at radius 1 is 0.254 bits per heavy atom. The quantitative estimate of drug-likeness (QED) is 0.0999. The van der Waals surface area contributed by atoms with Crippen LogP contribution < -0.4 is 0 Å². The number of ketones is 4. The largest absolute Gasteiger partial charge is 0.289 e. The third-order valence-corrected chi connectivity index (χ3v) is 10.5. The summed E-state index contributed by atoms with van der Waals surface area (Å²) < 4.78 is 25.8. The molecule has 8 aromatic carbocycles. The molecule has 366 valence electrons. The zero-order chi connectivity index (χ0) is 48.5. The lowest BCUT2D eigenvalue weighted by Gasteiger charge is -2.04. The van der Waals surface area contributed by atoms with Gasteiger partial charge in [-0.2, -0.15) is 0 Å². The van der Waals surface area contributed by atoms with E-state index in [0.29, 0.717) is 65.7 Å². The van der Waals surface area contributed by atoms with Gasteiger partial charge in [-0.15, -0.1) is 0 Å². The fraction of sp³-hybridized carbons (Fsp3) is 0.0690.